The van der Waals surface area contributed by atoms with Crippen LogP contribution >= 0.6 is 11.3 Å². The van der Waals surface area contributed by atoms with Crippen molar-refractivity contribution in [1.29, 1.82) is 0 Å². The highest BCUT2D eigenvalue weighted by molar-refractivity contribution is 7.08. The summed E-state index contributed by atoms with van der Waals surface area (Å²) in [5, 5.41) is 3.41. The zero-order valence-corrected chi connectivity index (χ0v) is 9.31. The maximum Gasteiger partial charge on any atom is 0.416 e. The van der Waals surface area contributed by atoms with Crippen LogP contribution in [0.1, 0.15) is 21.5 Å². The van der Waals surface area contributed by atoms with Crippen LogP contribution in [0.25, 0.3) is 0 Å². The zero-order chi connectivity index (χ0) is 12.5. The van der Waals surface area contributed by atoms with Gasteiger partial charge in [0.1, 0.15) is 0 Å². The third kappa shape index (κ3) is 2.55. The molecule has 0 amide bonds. The molecule has 1 aromatic heterocycles. The lowest BCUT2D eigenvalue weighted by Gasteiger charge is -2.06. The van der Waals surface area contributed by atoms with Gasteiger partial charge in [0.05, 0.1) is 5.56 Å². The standard InChI is InChI=1S/C12H7F3OS/c13-12(14,15)10-3-1-8(2-4-10)11(16)9-5-6-17-7-9/h1-7H. The molecule has 17 heavy (non-hydrogen) atoms. The predicted molar refractivity (Wildman–Crippen MR) is 59.2 cm³/mol. The Morgan fingerprint density at radius 1 is 1.00 bits per heavy atom. The third-order valence-electron chi connectivity index (χ3n) is 2.26. The van der Waals surface area contributed by atoms with E-state index in [1.165, 1.54) is 23.5 Å². The average Bonchev–Trinajstić information content (AvgIpc) is 2.80. The first-order valence-corrected chi connectivity index (χ1v) is 5.67. The molecular formula is C12H7F3OS. The van der Waals surface area contributed by atoms with E-state index in [2.05, 4.69) is 0 Å². The first kappa shape index (κ1) is 11.9. The molecule has 0 spiro atoms. The minimum absolute atomic E-state index is 0.261. The molecule has 0 aliphatic heterocycles. The molecule has 0 bridgehead atoms. The Morgan fingerprint density at radius 3 is 2.12 bits per heavy atom. The van der Waals surface area contributed by atoms with Crippen LogP contribution in [-0.2, 0) is 6.18 Å². The summed E-state index contributed by atoms with van der Waals surface area (Å²) in [7, 11) is 0. The van der Waals surface area contributed by atoms with Crippen LogP contribution in [0.2, 0.25) is 0 Å². The number of carbonyl (C=O) groups excluding carboxylic acids is 1. The Labute approximate surface area is 99.5 Å². The van der Waals surface area contributed by atoms with Gasteiger partial charge in [-0.3, -0.25) is 4.79 Å². The normalized spacial score (nSPS) is 11.5. The number of hydrogen-bond donors (Lipinski definition) is 0. The number of halogens is 3. The van der Waals surface area contributed by atoms with Crippen molar-refractivity contribution >= 4 is 17.1 Å². The van der Waals surface area contributed by atoms with Gasteiger partial charge in [-0.15, -0.1) is 0 Å². The molecule has 0 fully saturated rings. The Bertz CT molecular complexity index is 512. The molecule has 0 saturated heterocycles. The molecule has 1 nitrogen and oxygen atoms in total. The van der Waals surface area contributed by atoms with Crippen molar-refractivity contribution in [3.8, 4) is 0 Å². The van der Waals surface area contributed by atoms with Gasteiger partial charge in [0.25, 0.3) is 0 Å². The number of benzene rings is 1. The van der Waals surface area contributed by atoms with Crippen LogP contribution in [0.4, 0.5) is 13.2 Å². The lowest BCUT2D eigenvalue weighted by Crippen LogP contribution is -2.06. The fraction of sp³-hybridized carbons (Fsp3) is 0.0833. The second-order valence-corrected chi connectivity index (χ2v) is 4.20. The van der Waals surface area contributed by atoms with E-state index in [0.717, 1.165) is 12.1 Å². The Morgan fingerprint density at radius 2 is 1.65 bits per heavy atom. The van der Waals surface area contributed by atoms with Gasteiger partial charge in [-0.2, -0.15) is 24.5 Å². The van der Waals surface area contributed by atoms with Gasteiger partial charge in [-0.1, -0.05) is 12.1 Å². The van der Waals surface area contributed by atoms with Crippen molar-refractivity contribution in [2.75, 3.05) is 0 Å². The largest absolute Gasteiger partial charge is 0.416 e. The van der Waals surface area contributed by atoms with Crippen LogP contribution < -0.4 is 0 Å². The monoisotopic (exact) mass is 256 g/mol. The van der Waals surface area contributed by atoms with E-state index >= 15 is 0 Å². The molecule has 0 radical (unpaired) electrons. The van der Waals surface area contributed by atoms with Crippen LogP contribution in [0.5, 0.6) is 0 Å². The molecule has 1 heterocycles. The van der Waals surface area contributed by atoms with E-state index in [1.807, 2.05) is 0 Å². The zero-order valence-electron chi connectivity index (χ0n) is 8.49. The summed E-state index contributed by atoms with van der Waals surface area (Å²) >= 11 is 1.37. The van der Waals surface area contributed by atoms with Crippen LogP contribution in [0.3, 0.4) is 0 Å². The van der Waals surface area contributed by atoms with Crippen molar-refractivity contribution < 1.29 is 18.0 Å². The molecule has 0 atom stereocenters. The van der Waals surface area contributed by atoms with Crippen molar-refractivity contribution in [3.63, 3.8) is 0 Å². The van der Waals surface area contributed by atoms with Gasteiger partial charge >= 0.3 is 6.18 Å². The van der Waals surface area contributed by atoms with Gasteiger partial charge < -0.3 is 0 Å². The summed E-state index contributed by atoms with van der Waals surface area (Å²) in [4.78, 5) is 11.8. The van der Waals surface area contributed by atoms with E-state index < -0.39 is 11.7 Å². The highest BCUT2D eigenvalue weighted by Gasteiger charge is 2.30. The van der Waals surface area contributed by atoms with Crippen molar-refractivity contribution in [3.05, 3.63) is 57.8 Å². The number of alkyl halides is 3. The van der Waals surface area contributed by atoms with E-state index in [0.29, 0.717) is 5.56 Å². The van der Waals surface area contributed by atoms with Crippen LogP contribution in [0, 0.1) is 0 Å². The Hall–Kier alpha value is -1.62. The molecule has 0 aliphatic carbocycles. The number of rotatable bonds is 2. The molecule has 0 saturated carbocycles. The third-order valence-corrected chi connectivity index (χ3v) is 2.94. The molecule has 0 aliphatic rings. The number of carbonyl (C=O) groups is 1. The van der Waals surface area contributed by atoms with Gasteiger partial charge in [0.2, 0.25) is 0 Å². The first-order chi connectivity index (χ1) is 7.98. The van der Waals surface area contributed by atoms with Gasteiger partial charge in [-0.25, -0.2) is 0 Å². The predicted octanol–water partition coefficient (Wildman–Crippen LogP) is 4.00. The topological polar surface area (TPSA) is 17.1 Å². The second kappa shape index (κ2) is 4.33. The minimum Gasteiger partial charge on any atom is -0.289 e. The first-order valence-electron chi connectivity index (χ1n) is 4.72. The fourth-order valence-corrected chi connectivity index (χ4v) is 2.01. The van der Waals surface area contributed by atoms with Crippen LogP contribution in [-0.4, -0.2) is 5.78 Å². The van der Waals surface area contributed by atoms with Gasteiger partial charge in [0.15, 0.2) is 5.78 Å². The molecule has 2 rings (SSSR count). The molecule has 5 heteroatoms. The Kier molecular flexibility index (Phi) is 3.02. The number of ketones is 1. The lowest BCUT2D eigenvalue weighted by atomic mass is 10.0. The van der Waals surface area contributed by atoms with Crippen molar-refractivity contribution in [2.24, 2.45) is 0 Å². The van der Waals surface area contributed by atoms with Gasteiger partial charge in [0, 0.05) is 16.5 Å². The molecular weight excluding hydrogens is 249 g/mol. The van der Waals surface area contributed by atoms with Gasteiger partial charge in [-0.05, 0) is 23.6 Å². The summed E-state index contributed by atoms with van der Waals surface area (Å²) in [6.07, 6.45) is -4.37. The number of thiophene rings is 1. The van der Waals surface area contributed by atoms with Crippen molar-refractivity contribution in [1.82, 2.24) is 0 Å². The van der Waals surface area contributed by atoms with E-state index in [1.54, 1.807) is 16.8 Å². The maximum atomic E-state index is 12.3. The lowest BCUT2D eigenvalue weighted by molar-refractivity contribution is -0.137. The highest BCUT2D eigenvalue weighted by atomic mass is 32.1. The number of hydrogen-bond acceptors (Lipinski definition) is 2. The SMILES string of the molecule is O=C(c1ccc(C(F)(F)F)cc1)c1ccsc1. The molecule has 0 N–H and O–H groups in total. The summed E-state index contributed by atoms with van der Waals surface area (Å²) in [5.41, 5.74) is 0.00512. The van der Waals surface area contributed by atoms with E-state index in [4.69, 9.17) is 0 Å². The summed E-state index contributed by atoms with van der Waals surface area (Å²) in [5.74, 6) is -0.264. The highest BCUT2D eigenvalue weighted by Crippen LogP contribution is 2.29. The molecule has 88 valence electrons. The Balaban J connectivity index is 2.28. The average molecular weight is 256 g/mol. The van der Waals surface area contributed by atoms with Crippen molar-refractivity contribution in [2.45, 2.75) is 6.18 Å². The fourth-order valence-electron chi connectivity index (χ4n) is 1.37. The van der Waals surface area contributed by atoms with Crippen LogP contribution in [0.15, 0.2) is 41.1 Å². The second-order valence-electron chi connectivity index (χ2n) is 3.42. The smallest absolute Gasteiger partial charge is 0.289 e. The maximum absolute atomic E-state index is 12.3. The van der Waals surface area contributed by atoms with E-state index in [-0.39, 0.29) is 11.3 Å². The quantitative estimate of drug-likeness (QED) is 0.742. The summed E-state index contributed by atoms with van der Waals surface area (Å²) < 4.78 is 36.9. The summed E-state index contributed by atoms with van der Waals surface area (Å²) in [6, 6.07) is 5.87. The molecule has 0 unspecified atom stereocenters. The van der Waals surface area contributed by atoms with E-state index in [9.17, 15) is 18.0 Å². The molecule has 1 aromatic carbocycles. The summed E-state index contributed by atoms with van der Waals surface area (Å²) in [6.45, 7) is 0. The minimum atomic E-state index is -4.37. The molecule has 2 aromatic rings.